The number of fused-ring (bicyclic) bond motifs is 1. The number of aromatic nitrogens is 2. The number of nitrogens with one attached hydrogen (secondary N) is 1. The van der Waals surface area contributed by atoms with Gasteiger partial charge in [-0.15, -0.1) is 0 Å². The monoisotopic (exact) mass is 439 g/mol. The molecule has 0 saturated heterocycles. The molecule has 0 radical (unpaired) electrons. The molecule has 0 atom stereocenters. The van der Waals surface area contributed by atoms with Crippen molar-refractivity contribution in [3.63, 3.8) is 0 Å². The summed E-state index contributed by atoms with van der Waals surface area (Å²) >= 11 is 2.22. The molecule has 25 heavy (non-hydrogen) atoms. The van der Waals surface area contributed by atoms with Crippen molar-refractivity contribution in [2.75, 3.05) is 5.32 Å². The van der Waals surface area contributed by atoms with Gasteiger partial charge in [-0.25, -0.2) is 4.98 Å². The van der Waals surface area contributed by atoms with Crippen LogP contribution in [0.2, 0.25) is 0 Å². The van der Waals surface area contributed by atoms with Gasteiger partial charge < -0.3 is 9.72 Å². The highest BCUT2D eigenvalue weighted by molar-refractivity contribution is 14.1. The summed E-state index contributed by atoms with van der Waals surface area (Å²) in [5, 5.41) is 2.92. The summed E-state index contributed by atoms with van der Waals surface area (Å²) in [4.78, 5) is 16.9. The zero-order chi connectivity index (χ0) is 17.2. The minimum absolute atomic E-state index is 0.114. The maximum atomic E-state index is 12.3. The molecule has 0 aliphatic carbocycles. The maximum Gasteiger partial charge on any atom is 0.255 e. The highest BCUT2D eigenvalue weighted by atomic mass is 127. The summed E-state index contributed by atoms with van der Waals surface area (Å²) in [6.45, 7) is 0. The van der Waals surface area contributed by atoms with Crippen LogP contribution in [0.4, 0.5) is 5.69 Å². The van der Waals surface area contributed by atoms with E-state index in [4.69, 9.17) is 0 Å². The minimum Gasteiger partial charge on any atom is -0.322 e. The van der Waals surface area contributed by atoms with Gasteiger partial charge in [-0.1, -0.05) is 18.2 Å². The van der Waals surface area contributed by atoms with Crippen LogP contribution in [-0.2, 0) is 0 Å². The lowest BCUT2D eigenvalue weighted by atomic mass is 10.1. The molecule has 0 saturated carbocycles. The second-order valence-corrected chi connectivity index (χ2v) is 6.88. The fourth-order valence-electron chi connectivity index (χ4n) is 2.60. The van der Waals surface area contributed by atoms with E-state index >= 15 is 0 Å². The number of nitrogens with zero attached hydrogens (tertiary/aromatic N) is 2. The third kappa shape index (κ3) is 3.41. The normalized spacial score (nSPS) is 10.8. The van der Waals surface area contributed by atoms with E-state index in [0.717, 1.165) is 26.2 Å². The van der Waals surface area contributed by atoms with E-state index in [1.165, 1.54) is 0 Å². The molecule has 2 aromatic carbocycles. The summed E-state index contributed by atoms with van der Waals surface area (Å²) in [5.41, 5.74) is 4.23. The van der Waals surface area contributed by atoms with E-state index in [1.54, 1.807) is 0 Å². The number of amides is 1. The van der Waals surface area contributed by atoms with Gasteiger partial charge in [0, 0.05) is 32.8 Å². The molecular weight excluding hydrogens is 425 g/mol. The topological polar surface area (TPSA) is 46.4 Å². The Morgan fingerprint density at radius 1 is 0.960 bits per heavy atom. The van der Waals surface area contributed by atoms with Crippen LogP contribution < -0.4 is 5.32 Å². The standard InChI is InChI=1S/C20H14IN3O/c21-16-8-4-15(5-9-16)20(25)22-17-10-6-14(7-11-17)18-13-24-12-2-1-3-19(24)23-18/h1-13H,(H,22,25). The molecule has 0 aliphatic rings. The summed E-state index contributed by atoms with van der Waals surface area (Å²) < 4.78 is 3.09. The first-order valence-electron chi connectivity index (χ1n) is 7.80. The van der Waals surface area contributed by atoms with Gasteiger partial charge in [-0.2, -0.15) is 0 Å². The Hall–Kier alpha value is -2.67. The molecule has 0 bridgehead atoms. The lowest BCUT2D eigenvalue weighted by Gasteiger charge is -2.06. The predicted molar refractivity (Wildman–Crippen MR) is 108 cm³/mol. The van der Waals surface area contributed by atoms with Crippen molar-refractivity contribution in [1.82, 2.24) is 9.38 Å². The van der Waals surface area contributed by atoms with E-state index < -0.39 is 0 Å². The number of pyridine rings is 1. The molecule has 122 valence electrons. The summed E-state index contributed by atoms with van der Waals surface area (Å²) in [7, 11) is 0. The van der Waals surface area contributed by atoms with E-state index in [2.05, 4.69) is 32.9 Å². The van der Waals surface area contributed by atoms with Crippen molar-refractivity contribution in [3.8, 4) is 11.3 Å². The predicted octanol–water partition coefficient (Wildman–Crippen LogP) is 4.86. The van der Waals surface area contributed by atoms with Crippen LogP contribution in [0.5, 0.6) is 0 Å². The SMILES string of the molecule is O=C(Nc1ccc(-c2cn3ccccc3n2)cc1)c1ccc(I)cc1. The van der Waals surface area contributed by atoms with Gasteiger partial charge in [0.15, 0.2) is 0 Å². The van der Waals surface area contributed by atoms with Crippen LogP contribution in [0.25, 0.3) is 16.9 Å². The van der Waals surface area contributed by atoms with Crippen LogP contribution in [0.3, 0.4) is 0 Å². The first-order valence-corrected chi connectivity index (χ1v) is 8.88. The average molecular weight is 439 g/mol. The molecule has 0 aliphatic heterocycles. The number of rotatable bonds is 3. The molecule has 4 nitrogen and oxygen atoms in total. The van der Waals surface area contributed by atoms with Gasteiger partial charge in [0.25, 0.3) is 5.91 Å². The number of hydrogen-bond acceptors (Lipinski definition) is 2. The third-order valence-electron chi connectivity index (χ3n) is 3.91. The Balaban J connectivity index is 1.53. The van der Waals surface area contributed by atoms with E-state index in [9.17, 15) is 4.79 Å². The lowest BCUT2D eigenvalue weighted by Crippen LogP contribution is -2.11. The molecular formula is C20H14IN3O. The molecule has 4 rings (SSSR count). The maximum absolute atomic E-state index is 12.3. The molecule has 2 aromatic heterocycles. The largest absolute Gasteiger partial charge is 0.322 e. The molecule has 2 heterocycles. The Morgan fingerprint density at radius 3 is 2.44 bits per heavy atom. The smallest absolute Gasteiger partial charge is 0.255 e. The average Bonchev–Trinajstić information content (AvgIpc) is 3.07. The fraction of sp³-hybridized carbons (Fsp3) is 0. The third-order valence-corrected chi connectivity index (χ3v) is 4.63. The summed E-state index contributed by atoms with van der Waals surface area (Å²) in [5.74, 6) is -0.114. The highest BCUT2D eigenvalue weighted by Gasteiger charge is 2.07. The molecule has 1 N–H and O–H groups in total. The number of carbonyl (C=O) groups is 1. The molecule has 0 fully saturated rings. The Morgan fingerprint density at radius 2 is 1.72 bits per heavy atom. The van der Waals surface area contributed by atoms with Gasteiger partial charge in [-0.3, -0.25) is 4.79 Å². The lowest BCUT2D eigenvalue weighted by molar-refractivity contribution is 0.102. The number of imidazole rings is 1. The molecule has 4 aromatic rings. The first kappa shape index (κ1) is 15.8. The first-order chi connectivity index (χ1) is 12.2. The number of halogens is 1. The van der Waals surface area contributed by atoms with Crippen LogP contribution in [-0.4, -0.2) is 15.3 Å². The number of benzene rings is 2. The summed E-state index contributed by atoms with van der Waals surface area (Å²) in [6.07, 6.45) is 3.97. The second kappa shape index (κ2) is 6.68. The van der Waals surface area contributed by atoms with Crippen molar-refractivity contribution < 1.29 is 4.79 Å². The van der Waals surface area contributed by atoms with E-state index in [0.29, 0.717) is 5.56 Å². The highest BCUT2D eigenvalue weighted by Crippen LogP contribution is 2.21. The van der Waals surface area contributed by atoms with Crippen LogP contribution >= 0.6 is 22.6 Å². The zero-order valence-corrected chi connectivity index (χ0v) is 15.3. The minimum atomic E-state index is -0.114. The van der Waals surface area contributed by atoms with Gasteiger partial charge in [-0.05, 0) is 71.1 Å². The van der Waals surface area contributed by atoms with Crippen molar-refractivity contribution >= 4 is 39.8 Å². The molecule has 0 spiro atoms. The van der Waals surface area contributed by atoms with Gasteiger partial charge in [0.1, 0.15) is 5.65 Å². The Bertz CT molecular complexity index is 1000. The van der Waals surface area contributed by atoms with Crippen molar-refractivity contribution in [3.05, 3.63) is 88.3 Å². The zero-order valence-electron chi connectivity index (χ0n) is 13.2. The number of anilines is 1. The van der Waals surface area contributed by atoms with Crippen LogP contribution in [0, 0.1) is 3.57 Å². The van der Waals surface area contributed by atoms with Crippen molar-refractivity contribution in [2.45, 2.75) is 0 Å². The van der Waals surface area contributed by atoms with Gasteiger partial charge >= 0.3 is 0 Å². The second-order valence-electron chi connectivity index (χ2n) is 5.63. The van der Waals surface area contributed by atoms with Crippen molar-refractivity contribution in [1.29, 1.82) is 0 Å². The van der Waals surface area contributed by atoms with Gasteiger partial charge in [0.2, 0.25) is 0 Å². The number of hydrogen-bond donors (Lipinski definition) is 1. The molecule has 5 heteroatoms. The Kier molecular flexibility index (Phi) is 4.23. The number of carbonyl (C=O) groups excluding carboxylic acids is 1. The Labute approximate surface area is 158 Å². The molecule has 1 amide bonds. The fourth-order valence-corrected chi connectivity index (χ4v) is 2.96. The van der Waals surface area contributed by atoms with Crippen LogP contribution in [0.15, 0.2) is 79.1 Å². The van der Waals surface area contributed by atoms with Crippen LogP contribution in [0.1, 0.15) is 10.4 Å². The van der Waals surface area contributed by atoms with Crippen molar-refractivity contribution in [2.24, 2.45) is 0 Å². The van der Waals surface area contributed by atoms with E-state index in [-0.39, 0.29) is 5.91 Å². The summed E-state index contributed by atoms with van der Waals surface area (Å²) in [6, 6.07) is 21.1. The quantitative estimate of drug-likeness (QED) is 0.464. The van der Waals surface area contributed by atoms with Gasteiger partial charge in [0.05, 0.1) is 5.69 Å². The van der Waals surface area contributed by atoms with E-state index in [1.807, 2.05) is 83.5 Å². The molecule has 0 unspecified atom stereocenters.